The highest BCUT2D eigenvalue weighted by atomic mass is 16.3. The Balaban J connectivity index is 2.33. The Kier molecular flexibility index (Phi) is 6.84. The second-order valence-electron chi connectivity index (χ2n) is 5.08. The van der Waals surface area contributed by atoms with Crippen molar-refractivity contribution in [3.05, 3.63) is 24.2 Å². The van der Waals surface area contributed by atoms with Crippen LogP contribution in [0.3, 0.4) is 0 Å². The van der Waals surface area contributed by atoms with Crippen LogP contribution in [0.25, 0.3) is 0 Å². The molecule has 0 unspecified atom stereocenters. The Morgan fingerprint density at radius 1 is 1.25 bits per heavy atom. The van der Waals surface area contributed by atoms with Crippen molar-refractivity contribution in [2.75, 3.05) is 0 Å². The van der Waals surface area contributed by atoms with Crippen molar-refractivity contribution in [1.82, 2.24) is 10.6 Å². The largest absolute Gasteiger partial charge is 0.459 e. The van der Waals surface area contributed by atoms with E-state index in [0.717, 1.165) is 19.3 Å². The maximum Gasteiger partial charge on any atom is 0.287 e. The molecule has 0 bridgehead atoms. The lowest BCUT2D eigenvalue weighted by Gasteiger charge is -2.18. The molecule has 0 radical (unpaired) electrons. The number of hydrogen-bond acceptors (Lipinski definition) is 3. The Hall–Kier alpha value is -1.78. The molecule has 0 aromatic carbocycles. The molecule has 2 amide bonds. The van der Waals surface area contributed by atoms with E-state index in [4.69, 9.17) is 4.42 Å². The smallest absolute Gasteiger partial charge is 0.287 e. The lowest BCUT2D eigenvalue weighted by molar-refractivity contribution is -0.123. The Bertz CT molecular complexity index is 415. The minimum absolute atomic E-state index is 0.122. The summed E-state index contributed by atoms with van der Waals surface area (Å²) in [7, 11) is 0. The zero-order chi connectivity index (χ0) is 15.0. The average molecular weight is 280 g/mol. The summed E-state index contributed by atoms with van der Waals surface area (Å²) in [4.78, 5) is 23.7. The molecule has 0 saturated carbocycles. The van der Waals surface area contributed by atoms with Crippen LogP contribution in [0.15, 0.2) is 22.8 Å². The number of nitrogens with one attached hydrogen (secondary N) is 2. The lowest BCUT2D eigenvalue weighted by atomic mass is 10.1. The molecule has 0 aliphatic carbocycles. The minimum Gasteiger partial charge on any atom is -0.459 e. The molecular formula is C15H24N2O3. The average Bonchev–Trinajstić information content (AvgIpc) is 2.92. The van der Waals surface area contributed by atoms with Gasteiger partial charge < -0.3 is 15.1 Å². The molecule has 20 heavy (non-hydrogen) atoms. The van der Waals surface area contributed by atoms with Crippen LogP contribution in [0, 0.1) is 0 Å². The van der Waals surface area contributed by atoms with Crippen molar-refractivity contribution in [2.24, 2.45) is 0 Å². The number of unbranched alkanes of at least 4 members (excludes halogenated alkanes) is 2. The van der Waals surface area contributed by atoms with Crippen molar-refractivity contribution < 1.29 is 14.0 Å². The Morgan fingerprint density at radius 3 is 2.60 bits per heavy atom. The highest BCUT2D eigenvalue weighted by Gasteiger charge is 2.19. The van der Waals surface area contributed by atoms with Crippen molar-refractivity contribution in [1.29, 1.82) is 0 Å². The first kappa shape index (κ1) is 16.3. The van der Waals surface area contributed by atoms with Gasteiger partial charge in [-0.3, -0.25) is 9.59 Å². The second-order valence-corrected chi connectivity index (χ2v) is 5.08. The van der Waals surface area contributed by atoms with Crippen LogP contribution in [-0.4, -0.2) is 23.9 Å². The van der Waals surface area contributed by atoms with Crippen molar-refractivity contribution in [3.8, 4) is 0 Å². The third kappa shape index (κ3) is 5.47. The number of furan rings is 1. The third-order valence-electron chi connectivity index (χ3n) is 3.12. The third-order valence-corrected chi connectivity index (χ3v) is 3.12. The zero-order valence-corrected chi connectivity index (χ0v) is 12.4. The summed E-state index contributed by atoms with van der Waals surface area (Å²) in [5.41, 5.74) is 0. The monoisotopic (exact) mass is 280 g/mol. The van der Waals surface area contributed by atoms with Gasteiger partial charge >= 0.3 is 0 Å². The fraction of sp³-hybridized carbons (Fsp3) is 0.600. The number of carbonyl (C=O) groups is 2. The number of rotatable bonds is 8. The molecule has 5 heteroatoms. The fourth-order valence-electron chi connectivity index (χ4n) is 1.88. The van der Waals surface area contributed by atoms with Crippen LogP contribution in [0.1, 0.15) is 57.0 Å². The second kappa shape index (κ2) is 8.40. The lowest BCUT2D eigenvalue weighted by Crippen LogP contribution is -2.47. The van der Waals surface area contributed by atoms with Crippen LogP contribution >= 0.6 is 0 Å². The van der Waals surface area contributed by atoms with Gasteiger partial charge in [-0.05, 0) is 32.4 Å². The highest BCUT2D eigenvalue weighted by Crippen LogP contribution is 2.04. The molecule has 0 aliphatic rings. The molecule has 1 aromatic heterocycles. The van der Waals surface area contributed by atoms with Gasteiger partial charge in [-0.25, -0.2) is 0 Å². The first-order chi connectivity index (χ1) is 9.54. The SMILES string of the molecule is CCCCC[C@@H](C)NC(=O)[C@@H](C)NC(=O)c1ccco1. The summed E-state index contributed by atoms with van der Waals surface area (Å²) < 4.78 is 4.98. The summed E-state index contributed by atoms with van der Waals surface area (Å²) >= 11 is 0. The van der Waals surface area contributed by atoms with E-state index >= 15 is 0 Å². The number of carbonyl (C=O) groups excluding carboxylic acids is 2. The van der Waals surface area contributed by atoms with E-state index in [1.165, 1.54) is 12.7 Å². The molecule has 2 atom stereocenters. The van der Waals surface area contributed by atoms with Crippen molar-refractivity contribution in [2.45, 2.75) is 58.5 Å². The molecule has 2 N–H and O–H groups in total. The van der Waals surface area contributed by atoms with Gasteiger partial charge in [0.2, 0.25) is 5.91 Å². The first-order valence-corrected chi connectivity index (χ1v) is 7.19. The minimum atomic E-state index is -0.582. The molecule has 1 heterocycles. The van der Waals surface area contributed by atoms with E-state index in [9.17, 15) is 9.59 Å². The highest BCUT2D eigenvalue weighted by molar-refractivity contribution is 5.95. The van der Waals surface area contributed by atoms with E-state index in [1.54, 1.807) is 19.1 Å². The van der Waals surface area contributed by atoms with Gasteiger partial charge in [0.1, 0.15) is 6.04 Å². The predicted octanol–water partition coefficient (Wildman–Crippen LogP) is 2.48. The molecule has 1 rings (SSSR count). The topological polar surface area (TPSA) is 71.3 Å². The molecule has 5 nitrogen and oxygen atoms in total. The summed E-state index contributed by atoms with van der Waals surface area (Å²) in [6, 6.07) is 2.74. The molecule has 0 spiro atoms. The van der Waals surface area contributed by atoms with Crippen LogP contribution in [0.5, 0.6) is 0 Å². The van der Waals surface area contributed by atoms with E-state index in [2.05, 4.69) is 17.6 Å². The van der Waals surface area contributed by atoms with Crippen molar-refractivity contribution in [3.63, 3.8) is 0 Å². The van der Waals surface area contributed by atoms with Crippen molar-refractivity contribution >= 4 is 11.8 Å². The quantitative estimate of drug-likeness (QED) is 0.719. The van der Waals surface area contributed by atoms with Crippen LogP contribution < -0.4 is 10.6 Å². The normalized spacial score (nSPS) is 13.6. The predicted molar refractivity (Wildman–Crippen MR) is 77.4 cm³/mol. The molecule has 0 fully saturated rings. The van der Waals surface area contributed by atoms with E-state index < -0.39 is 6.04 Å². The summed E-state index contributed by atoms with van der Waals surface area (Å²) in [5.74, 6) is -0.342. The first-order valence-electron chi connectivity index (χ1n) is 7.19. The zero-order valence-electron chi connectivity index (χ0n) is 12.4. The van der Waals surface area contributed by atoms with Gasteiger partial charge in [-0.2, -0.15) is 0 Å². The van der Waals surface area contributed by atoms with Gasteiger partial charge in [0.05, 0.1) is 6.26 Å². The van der Waals surface area contributed by atoms with Gasteiger partial charge in [-0.15, -0.1) is 0 Å². The van der Waals surface area contributed by atoms with Gasteiger partial charge in [0.15, 0.2) is 5.76 Å². The fourth-order valence-corrected chi connectivity index (χ4v) is 1.88. The Morgan fingerprint density at radius 2 is 2.00 bits per heavy atom. The summed E-state index contributed by atoms with van der Waals surface area (Å²) in [6.45, 7) is 5.79. The maximum absolute atomic E-state index is 11.9. The van der Waals surface area contributed by atoms with Gasteiger partial charge in [-0.1, -0.05) is 26.2 Å². The Labute approximate surface area is 120 Å². The number of amides is 2. The molecule has 1 aromatic rings. The van der Waals surface area contributed by atoms with E-state index in [1.807, 2.05) is 6.92 Å². The molecule has 0 saturated heterocycles. The van der Waals surface area contributed by atoms with Crippen LogP contribution in [-0.2, 0) is 4.79 Å². The van der Waals surface area contributed by atoms with Gasteiger partial charge in [0.25, 0.3) is 5.91 Å². The van der Waals surface area contributed by atoms with Crippen LogP contribution in [0.4, 0.5) is 0 Å². The van der Waals surface area contributed by atoms with E-state index in [-0.39, 0.29) is 23.6 Å². The maximum atomic E-state index is 11.9. The standard InChI is InChI=1S/C15H24N2O3/c1-4-5-6-8-11(2)16-14(18)12(3)17-15(19)13-9-7-10-20-13/h7,9-12H,4-6,8H2,1-3H3,(H,16,18)(H,17,19)/t11-,12-/m1/s1. The molecular weight excluding hydrogens is 256 g/mol. The molecule has 112 valence electrons. The van der Waals surface area contributed by atoms with E-state index in [0.29, 0.717) is 0 Å². The van der Waals surface area contributed by atoms with Gasteiger partial charge in [0, 0.05) is 6.04 Å². The molecule has 0 aliphatic heterocycles. The number of hydrogen-bond donors (Lipinski definition) is 2. The van der Waals surface area contributed by atoms with Crippen LogP contribution in [0.2, 0.25) is 0 Å². The summed E-state index contributed by atoms with van der Waals surface area (Å²) in [6.07, 6.45) is 5.82. The summed E-state index contributed by atoms with van der Waals surface area (Å²) in [5, 5.41) is 5.51.